The minimum absolute atomic E-state index is 0.0957. The minimum atomic E-state index is -0.0957. The van der Waals surface area contributed by atoms with Crippen LogP contribution in [0.2, 0.25) is 0 Å². The molecule has 0 spiro atoms. The third kappa shape index (κ3) is 5.44. The smallest absolute Gasteiger partial charge is 0.249 e. The molecule has 0 radical (unpaired) electrons. The van der Waals surface area contributed by atoms with E-state index in [-0.39, 0.29) is 5.91 Å². The molecule has 0 atom stereocenters. The molecule has 0 bridgehead atoms. The molecule has 6 heteroatoms. The third-order valence-corrected chi connectivity index (χ3v) is 4.91. The SMILES string of the molecule is CCC(=O)n1nc(NCc2ccc(CC)cc2)nc1NCc1ccc(CC)cc1. The maximum atomic E-state index is 12.3. The lowest BCUT2D eigenvalue weighted by Crippen LogP contribution is -2.15. The lowest BCUT2D eigenvalue weighted by Gasteiger charge is -2.07. The van der Waals surface area contributed by atoms with E-state index in [1.165, 1.54) is 15.8 Å². The van der Waals surface area contributed by atoms with Crippen LogP contribution < -0.4 is 10.6 Å². The number of carbonyl (C=O) groups excluding carboxylic acids is 1. The number of rotatable bonds is 9. The van der Waals surface area contributed by atoms with Crippen LogP contribution in [0.25, 0.3) is 0 Å². The van der Waals surface area contributed by atoms with Crippen LogP contribution in [0.3, 0.4) is 0 Å². The fraction of sp³-hybridized carbons (Fsp3) is 0.348. The molecule has 0 saturated carbocycles. The van der Waals surface area contributed by atoms with Crippen molar-refractivity contribution in [1.29, 1.82) is 0 Å². The number of nitrogens with one attached hydrogen (secondary N) is 2. The Morgan fingerprint density at radius 2 is 1.28 bits per heavy atom. The lowest BCUT2D eigenvalue weighted by molar-refractivity contribution is 0.0895. The number of aryl methyl sites for hydroxylation is 2. The second-order valence-electron chi connectivity index (χ2n) is 6.97. The van der Waals surface area contributed by atoms with Gasteiger partial charge in [0.2, 0.25) is 17.8 Å². The quantitative estimate of drug-likeness (QED) is 0.554. The molecule has 1 aromatic heterocycles. The van der Waals surface area contributed by atoms with E-state index in [1.807, 2.05) is 6.92 Å². The number of carbonyl (C=O) groups is 1. The summed E-state index contributed by atoms with van der Waals surface area (Å²) in [6, 6.07) is 16.9. The van der Waals surface area contributed by atoms with Crippen LogP contribution in [0, 0.1) is 0 Å². The number of nitrogens with zero attached hydrogens (tertiary/aromatic N) is 3. The molecule has 2 aromatic carbocycles. The summed E-state index contributed by atoms with van der Waals surface area (Å²) in [5.74, 6) is 0.803. The monoisotopic (exact) mass is 391 g/mol. The molecule has 2 N–H and O–H groups in total. The zero-order chi connectivity index (χ0) is 20.6. The van der Waals surface area contributed by atoms with Crippen molar-refractivity contribution in [3.8, 4) is 0 Å². The number of benzene rings is 2. The standard InChI is InChI=1S/C23H29N5O/c1-4-17-7-11-19(12-8-17)15-24-22-26-23(28(27-22)21(29)6-3)25-16-20-13-9-18(5-2)10-14-20/h7-14H,4-6,15-16H2,1-3H3,(H2,24,25,26,27). The van der Waals surface area contributed by atoms with E-state index in [1.54, 1.807) is 0 Å². The fourth-order valence-corrected chi connectivity index (χ4v) is 2.97. The van der Waals surface area contributed by atoms with Crippen molar-refractivity contribution >= 4 is 17.8 Å². The van der Waals surface area contributed by atoms with E-state index in [9.17, 15) is 4.79 Å². The van der Waals surface area contributed by atoms with Gasteiger partial charge >= 0.3 is 0 Å². The van der Waals surface area contributed by atoms with Crippen molar-refractivity contribution < 1.29 is 4.79 Å². The van der Waals surface area contributed by atoms with Crippen LogP contribution >= 0.6 is 0 Å². The zero-order valence-electron chi connectivity index (χ0n) is 17.4. The van der Waals surface area contributed by atoms with Gasteiger partial charge in [-0.3, -0.25) is 4.79 Å². The molecule has 152 valence electrons. The number of aromatic nitrogens is 3. The molecule has 3 rings (SSSR count). The predicted molar refractivity (Wildman–Crippen MR) is 117 cm³/mol. The van der Waals surface area contributed by atoms with Gasteiger partial charge in [-0.1, -0.05) is 69.3 Å². The van der Waals surface area contributed by atoms with E-state index < -0.39 is 0 Å². The van der Waals surface area contributed by atoms with Gasteiger partial charge in [-0.25, -0.2) is 0 Å². The highest BCUT2D eigenvalue weighted by Crippen LogP contribution is 2.14. The summed E-state index contributed by atoms with van der Waals surface area (Å²) >= 11 is 0. The fourth-order valence-electron chi connectivity index (χ4n) is 2.97. The van der Waals surface area contributed by atoms with Crippen molar-refractivity contribution in [3.05, 3.63) is 70.8 Å². The Bertz CT molecular complexity index is 929. The van der Waals surface area contributed by atoms with Crippen LogP contribution in [0.4, 0.5) is 11.9 Å². The Kier molecular flexibility index (Phi) is 7.00. The maximum absolute atomic E-state index is 12.3. The summed E-state index contributed by atoms with van der Waals surface area (Å²) in [4.78, 5) is 16.8. The molecule has 0 amide bonds. The Labute approximate surface area is 172 Å². The van der Waals surface area contributed by atoms with E-state index in [0.717, 1.165) is 24.0 Å². The second kappa shape index (κ2) is 9.87. The van der Waals surface area contributed by atoms with Gasteiger partial charge in [0, 0.05) is 19.5 Å². The maximum Gasteiger partial charge on any atom is 0.249 e. The first-order chi connectivity index (χ1) is 14.1. The Hall–Kier alpha value is -3.15. The first-order valence-corrected chi connectivity index (χ1v) is 10.3. The van der Waals surface area contributed by atoms with Crippen molar-refractivity contribution in [3.63, 3.8) is 0 Å². The molecule has 0 fully saturated rings. The first kappa shape index (κ1) is 20.6. The zero-order valence-corrected chi connectivity index (χ0v) is 17.4. The number of anilines is 2. The lowest BCUT2D eigenvalue weighted by atomic mass is 10.1. The summed E-state index contributed by atoms with van der Waals surface area (Å²) in [7, 11) is 0. The highest BCUT2D eigenvalue weighted by molar-refractivity contribution is 5.80. The average molecular weight is 392 g/mol. The van der Waals surface area contributed by atoms with E-state index >= 15 is 0 Å². The summed E-state index contributed by atoms with van der Waals surface area (Å²) in [6.45, 7) is 7.28. The molecule has 29 heavy (non-hydrogen) atoms. The van der Waals surface area contributed by atoms with Crippen LogP contribution in [0.1, 0.15) is 54.2 Å². The van der Waals surface area contributed by atoms with Gasteiger partial charge < -0.3 is 10.6 Å². The Morgan fingerprint density at radius 1 is 0.793 bits per heavy atom. The van der Waals surface area contributed by atoms with E-state index in [2.05, 4.69) is 83.1 Å². The topological polar surface area (TPSA) is 71.8 Å². The summed E-state index contributed by atoms with van der Waals surface area (Å²) in [5, 5.41) is 10.8. The van der Waals surface area contributed by atoms with Gasteiger partial charge in [0.05, 0.1) is 0 Å². The van der Waals surface area contributed by atoms with Gasteiger partial charge in [0.15, 0.2) is 0 Å². The molecule has 1 heterocycles. The number of hydrogen-bond donors (Lipinski definition) is 2. The van der Waals surface area contributed by atoms with Crippen LogP contribution in [-0.2, 0) is 25.9 Å². The van der Waals surface area contributed by atoms with Crippen molar-refractivity contribution in [2.24, 2.45) is 0 Å². The van der Waals surface area contributed by atoms with Crippen LogP contribution in [0.15, 0.2) is 48.5 Å². The van der Waals surface area contributed by atoms with Gasteiger partial charge in [-0.2, -0.15) is 9.67 Å². The molecule has 0 saturated heterocycles. The molecule has 6 nitrogen and oxygen atoms in total. The van der Waals surface area contributed by atoms with Gasteiger partial charge in [0.1, 0.15) is 0 Å². The van der Waals surface area contributed by atoms with Gasteiger partial charge in [-0.05, 0) is 35.1 Å². The molecule has 0 unspecified atom stereocenters. The number of hydrogen-bond acceptors (Lipinski definition) is 5. The average Bonchev–Trinajstić information content (AvgIpc) is 3.19. The summed E-state index contributed by atoms with van der Waals surface area (Å²) in [5.41, 5.74) is 4.89. The highest BCUT2D eigenvalue weighted by Gasteiger charge is 2.14. The highest BCUT2D eigenvalue weighted by atomic mass is 16.2. The van der Waals surface area contributed by atoms with Crippen LogP contribution in [0.5, 0.6) is 0 Å². The summed E-state index contributed by atoms with van der Waals surface area (Å²) in [6.07, 6.45) is 2.40. The van der Waals surface area contributed by atoms with Crippen molar-refractivity contribution in [1.82, 2.24) is 14.8 Å². The van der Waals surface area contributed by atoms with Crippen LogP contribution in [-0.4, -0.2) is 20.7 Å². The second-order valence-corrected chi connectivity index (χ2v) is 6.97. The van der Waals surface area contributed by atoms with Crippen molar-refractivity contribution in [2.75, 3.05) is 10.6 Å². The molecule has 0 aliphatic heterocycles. The molecular formula is C23H29N5O. The largest absolute Gasteiger partial charge is 0.350 e. The minimum Gasteiger partial charge on any atom is -0.350 e. The third-order valence-electron chi connectivity index (χ3n) is 4.91. The Morgan fingerprint density at radius 3 is 1.76 bits per heavy atom. The molecular weight excluding hydrogens is 362 g/mol. The molecule has 0 aliphatic rings. The first-order valence-electron chi connectivity index (χ1n) is 10.3. The van der Waals surface area contributed by atoms with Gasteiger partial charge in [-0.15, -0.1) is 5.10 Å². The van der Waals surface area contributed by atoms with Gasteiger partial charge in [0.25, 0.3) is 0 Å². The van der Waals surface area contributed by atoms with E-state index in [0.29, 0.717) is 31.4 Å². The predicted octanol–water partition coefficient (Wildman–Crippen LogP) is 4.68. The van der Waals surface area contributed by atoms with E-state index in [4.69, 9.17) is 0 Å². The normalized spacial score (nSPS) is 10.7. The Balaban J connectivity index is 1.68. The molecule has 3 aromatic rings. The van der Waals surface area contributed by atoms with Crippen molar-refractivity contribution in [2.45, 2.75) is 53.1 Å². The molecule has 0 aliphatic carbocycles. The summed E-state index contributed by atoms with van der Waals surface area (Å²) < 4.78 is 1.35.